The average Bonchev–Trinajstić information content (AvgIpc) is 2.64. The number of rotatable bonds is 2. The van der Waals surface area contributed by atoms with Crippen molar-refractivity contribution in [1.29, 1.82) is 0 Å². The Labute approximate surface area is 93.3 Å². The van der Waals surface area contributed by atoms with Crippen molar-refractivity contribution in [2.45, 2.75) is 4.90 Å². The summed E-state index contributed by atoms with van der Waals surface area (Å²) in [4.78, 5) is 1.17. The summed E-state index contributed by atoms with van der Waals surface area (Å²) >= 11 is 1.69. The van der Waals surface area contributed by atoms with Gasteiger partial charge < -0.3 is 5.73 Å². The van der Waals surface area contributed by atoms with Crippen LogP contribution in [0, 0.1) is 0 Å². The Morgan fingerprint density at radius 3 is 2.67 bits per heavy atom. The normalized spacial score (nSPS) is 10.5. The molecular weight excluding hydrogens is 206 g/mol. The number of aromatic nitrogens is 2. The van der Waals surface area contributed by atoms with Gasteiger partial charge in [0, 0.05) is 29.4 Å². The van der Waals surface area contributed by atoms with Gasteiger partial charge >= 0.3 is 0 Å². The number of nitrogens with two attached hydrogens (primary N) is 1. The first-order valence-corrected chi connectivity index (χ1v) is 5.85. The Hall–Kier alpha value is -1.42. The van der Waals surface area contributed by atoms with E-state index < -0.39 is 0 Å². The van der Waals surface area contributed by atoms with Crippen LogP contribution in [0.15, 0.2) is 35.5 Å². The highest BCUT2D eigenvalue weighted by Crippen LogP contribution is 2.27. The molecule has 1 aromatic heterocycles. The van der Waals surface area contributed by atoms with Crippen LogP contribution < -0.4 is 5.73 Å². The fourth-order valence-electron chi connectivity index (χ4n) is 1.48. The molecular formula is C11H13N3S. The van der Waals surface area contributed by atoms with Crippen LogP contribution in [0.5, 0.6) is 0 Å². The Kier molecular flexibility index (Phi) is 2.68. The molecule has 1 heterocycles. The third kappa shape index (κ3) is 2.15. The fraction of sp³-hybridized carbons (Fsp3) is 0.182. The maximum atomic E-state index is 5.84. The molecule has 4 heteroatoms. The largest absolute Gasteiger partial charge is 0.399 e. The molecule has 15 heavy (non-hydrogen) atoms. The molecule has 78 valence electrons. The second-order valence-corrected chi connectivity index (χ2v) is 4.28. The molecule has 3 nitrogen and oxygen atoms in total. The zero-order valence-corrected chi connectivity index (χ0v) is 9.58. The highest BCUT2D eigenvalue weighted by atomic mass is 32.2. The van der Waals surface area contributed by atoms with Crippen molar-refractivity contribution in [3.63, 3.8) is 0 Å². The lowest BCUT2D eigenvalue weighted by atomic mass is 10.1. The van der Waals surface area contributed by atoms with Gasteiger partial charge in [0.25, 0.3) is 0 Å². The average molecular weight is 219 g/mol. The van der Waals surface area contributed by atoms with Crippen LogP contribution in [0.4, 0.5) is 5.69 Å². The molecule has 0 spiro atoms. The van der Waals surface area contributed by atoms with Gasteiger partial charge in [0.05, 0.1) is 6.20 Å². The highest BCUT2D eigenvalue weighted by Gasteiger charge is 2.03. The SMILES string of the molecule is CSc1cc(N)cc(-c2cnn(C)c2)c1. The molecule has 2 rings (SSSR count). The van der Waals surface area contributed by atoms with Crippen molar-refractivity contribution in [3.05, 3.63) is 30.6 Å². The Morgan fingerprint density at radius 1 is 1.27 bits per heavy atom. The minimum absolute atomic E-state index is 0.792. The van der Waals surface area contributed by atoms with Crippen LogP contribution >= 0.6 is 11.8 Å². The van der Waals surface area contributed by atoms with Crippen LogP contribution in [0.1, 0.15) is 0 Å². The Bertz CT molecular complexity index is 476. The number of hydrogen-bond acceptors (Lipinski definition) is 3. The summed E-state index contributed by atoms with van der Waals surface area (Å²) in [6.45, 7) is 0. The quantitative estimate of drug-likeness (QED) is 0.623. The van der Waals surface area contributed by atoms with E-state index in [-0.39, 0.29) is 0 Å². The van der Waals surface area contributed by atoms with Crippen molar-refractivity contribution >= 4 is 17.4 Å². The van der Waals surface area contributed by atoms with Crippen LogP contribution in [0.25, 0.3) is 11.1 Å². The number of anilines is 1. The molecule has 0 fully saturated rings. The number of aryl methyl sites for hydroxylation is 1. The predicted octanol–water partition coefficient (Wildman–Crippen LogP) is 2.39. The molecule has 0 saturated heterocycles. The summed E-state index contributed by atoms with van der Waals surface area (Å²) in [5, 5.41) is 4.15. The van der Waals surface area contributed by atoms with E-state index in [9.17, 15) is 0 Å². The maximum Gasteiger partial charge on any atom is 0.0568 e. The molecule has 1 aromatic carbocycles. The standard InChI is InChI=1S/C11H13N3S/c1-14-7-9(6-13-14)8-3-10(12)5-11(4-8)15-2/h3-7H,12H2,1-2H3. The zero-order valence-electron chi connectivity index (χ0n) is 8.77. The van der Waals surface area contributed by atoms with E-state index in [2.05, 4.69) is 11.2 Å². The third-order valence-corrected chi connectivity index (χ3v) is 2.91. The van der Waals surface area contributed by atoms with Gasteiger partial charge in [-0.05, 0) is 30.0 Å². The first-order chi connectivity index (χ1) is 7.19. The van der Waals surface area contributed by atoms with E-state index in [4.69, 9.17) is 5.73 Å². The van der Waals surface area contributed by atoms with Crippen molar-refractivity contribution < 1.29 is 0 Å². The van der Waals surface area contributed by atoms with Gasteiger partial charge in [-0.15, -0.1) is 11.8 Å². The fourth-order valence-corrected chi connectivity index (χ4v) is 1.98. The van der Waals surface area contributed by atoms with Gasteiger partial charge in [-0.1, -0.05) is 0 Å². The monoisotopic (exact) mass is 219 g/mol. The molecule has 0 radical (unpaired) electrons. The second-order valence-electron chi connectivity index (χ2n) is 3.40. The Balaban J connectivity index is 2.48. The predicted molar refractivity (Wildman–Crippen MR) is 64.8 cm³/mol. The molecule has 0 aliphatic carbocycles. The van der Waals surface area contributed by atoms with Gasteiger partial charge in [0.15, 0.2) is 0 Å². The number of nitrogens with zero attached hydrogens (tertiary/aromatic N) is 2. The van der Waals surface area contributed by atoms with Gasteiger partial charge in [0.2, 0.25) is 0 Å². The number of benzene rings is 1. The number of hydrogen-bond donors (Lipinski definition) is 1. The summed E-state index contributed by atoms with van der Waals surface area (Å²) in [6, 6.07) is 6.07. The van der Waals surface area contributed by atoms with Crippen molar-refractivity contribution in [2.75, 3.05) is 12.0 Å². The molecule has 2 aromatic rings. The summed E-state index contributed by atoms with van der Waals surface area (Å²) in [5.74, 6) is 0. The molecule has 0 unspecified atom stereocenters. The van der Waals surface area contributed by atoms with E-state index in [1.807, 2.05) is 37.8 Å². The first-order valence-electron chi connectivity index (χ1n) is 4.62. The molecule has 0 amide bonds. The summed E-state index contributed by atoms with van der Waals surface area (Å²) in [7, 11) is 1.91. The van der Waals surface area contributed by atoms with E-state index in [0.29, 0.717) is 0 Å². The first kappa shape index (κ1) is 10.1. The van der Waals surface area contributed by atoms with Gasteiger partial charge in [0.1, 0.15) is 0 Å². The summed E-state index contributed by atoms with van der Waals surface area (Å²) in [6.07, 6.45) is 5.87. The van der Waals surface area contributed by atoms with Gasteiger partial charge in [-0.25, -0.2) is 0 Å². The van der Waals surface area contributed by atoms with Crippen molar-refractivity contribution in [1.82, 2.24) is 9.78 Å². The van der Waals surface area contributed by atoms with E-state index in [0.717, 1.165) is 16.8 Å². The highest BCUT2D eigenvalue weighted by molar-refractivity contribution is 7.98. The van der Waals surface area contributed by atoms with Crippen LogP contribution in [-0.2, 0) is 7.05 Å². The molecule has 0 aliphatic rings. The number of nitrogen functional groups attached to an aromatic ring is 1. The zero-order chi connectivity index (χ0) is 10.8. The third-order valence-electron chi connectivity index (χ3n) is 2.20. The van der Waals surface area contributed by atoms with Gasteiger partial charge in [-0.2, -0.15) is 5.10 Å². The smallest absolute Gasteiger partial charge is 0.0568 e. The van der Waals surface area contributed by atoms with Crippen LogP contribution in [0.2, 0.25) is 0 Å². The molecule has 0 saturated carbocycles. The van der Waals surface area contributed by atoms with Crippen LogP contribution in [0.3, 0.4) is 0 Å². The molecule has 0 bridgehead atoms. The maximum absolute atomic E-state index is 5.84. The lowest BCUT2D eigenvalue weighted by Gasteiger charge is -2.03. The van der Waals surface area contributed by atoms with Gasteiger partial charge in [-0.3, -0.25) is 4.68 Å². The van der Waals surface area contributed by atoms with E-state index in [1.165, 1.54) is 4.90 Å². The van der Waals surface area contributed by atoms with E-state index in [1.54, 1.807) is 16.4 Å². The minimum atomic E-state index is 0.792. The number of thioether (sulfide) groups is 1. The molecule has 2 N–H and O–H groups in total. The summed E-state index contributed by atoms with van der Waals surface area (Å²) in [5.41, 5.74) is 8.85. The minimum Gasteiger partial charge on any atom is -0.399 e. The lowest BCUT2D eigenvalue weighted by Crippen LogP contribution is -1.87. The second kappa shape index (κ2) is 3.98. The summed E-state index contributed by atoms with van der Waals surface area (Å²) < 4.78 is 1.79. The topological polar surface area (TPSA) is 43.8 Å². The van der Waals surface area contributed by atoms with Crippen molar-refractivity contribution in [3.8, 4) is 11.1 Å². The Morgan fingerprint density at radius 2 is 2.07 bits per heavy atom. The molecule has 0 aliphatic heterocycles. The van der Waals surface area contributed by atoms with Crippen LogP contribution in [-0.4, -0.2) is 16.0 Å². The molecule has 0 atom stereocenters. The van der Waals surface area contributed by atoms with E-state index >= 15 is 0 Å². The van der Waals surface area contributed by atoms with Crippen molar-refractivity contribution in [2.24, 2.45) is 7.05 Å². The lowest BCUT2D eigenvalue weighted by molar-refractivity contribution is 0.768.